The Balaban J connectivity index is 2.07. The molecule has 0 aromatic carbocycles. The number of hydrogen-bond donors (Lipinski definition) is 3. The fourth-order valence-corrected chi connectivity index (χ4v) is 1.22. The molecule has 0 saturated heterocycles. The summed E-state index contributed by atoms with van der Waals surface area (Å²) in [5.41, 5.74) is 12.0. The van der Waals surface area contributed by atoms with Gasteiger partial charge in [0.05, 0.1) is 5.56 Å². The Labute approximate surface area is 81.5 Å². The van der Waals surface area contributed by atoms with Crippen LogP contribution >= 0.6 is 0 Å². The number of nitrogens with two attached hydrogens (primary N) is 2. The number of rotatable bonds is 2. The summed E-state index contributed by atoms with van der Waals surface area (Å²) in [7, 11) is 0. The average Bonchev–Trinajstić information content (AvgIpc) is 2.82. The van der Waals surface area contributed by atoms with Crippen molar-refractivity contribution in [3.8, 4) is 0 Å². The molecule has 0 radical (unpaired) electrons. The minimum atomic E-state index is -0.200. The maximum absolute atomic E-state index is 11.6. The number of hydrogen-bond acceptors (Lipinski definition) is 4. The maximum atomic E-state index is 11.6. The number of nitrogens with one attached hydrogen (secondary N) is 1. The van der Waals surface area contributed by atoms with E-state index < -0.39 is 0 Å². The van der Waals surface area contributed by atoms with Crippen molar-refractivity contribution < 1.29 is 4.79 Å². The van der Waals surface area contributed by atoms with Crippen LogP contribution in [0.1, 0.15) is 16.8 Å². The van der Waals surface area contributed by atoms with Gasteiger partial charge in [-0.1, -0.05) is 0 Å². The van der Waals surface area contributed by atoms with E-state index in [4.69, 9.17) is 11.5 Å². The molecule has 5 heteroatoms. The minimum Gasteiger partial charge on any atom is -0.398 e. The molecule has 1 amide bonds. The summed E-state index contributed by atoms with van der Waals surface area (Å²) in [6.07, 6.45) is 3.85. The molecule has 1 aromatic heterocycles. The van der Waals surface area contributed by atoms with Crippen molar-refractivity contribution in [2.45, 2.75) is 18.5 Å². The zero-order chi connectivity index (χ0) is 10.1. The maximum Gasteiger partial charge on any atom is 0.255 e. The molecule has 0 spiro atoms. The van der Waals surface area contributed by atoms with Crippen LogP contribution in [0.15, 0.2) is 18.5 Å². The Morgan fingerprint density at radius 2 is 2.36 bits per heavy atom. The zero-order valence-electron chi connectivity index (χ0n) is 7.60. The molecule has 14 heavy (non-hydrogen) atoms. The molecule has 5 N–H and O–H groups in total. The summed E-state index contributed by atoms with van der Waals surface area (Å²) in [6.45, 7) is 0. The predicted molar refractivity (Wildman–Crippen MR) is 52.5 cm³/mol. The van der Waals surface area contributed by atoms with Crippen LogP contribution in [0.2, 0.25) is 0 Å². The van der Waals surface area contributed by atoms with E-state index in [0.717, 1.165) is 6.42 Å². The first-order valence-electron chi connectivity index (χ1n) is 4.44. The van der Waals surface area contributed by atoms with Crippen molar-refractivity contribution >= 4 is 11.6 Å². The summed E-state index contributed by atoms with van der Waals surface area (Å²) in [4.78, 5) is 15.4. The highest BCUT2D eigenvalue weighted by atomic mass is 16.1. The van der Waals surface area contributed by atoms with Crippen molar-refractivity contribution in [3.05, 3.63) is 24.0 Å². The van der Waals surface area contributed by atoms with E-state index in [0.29, 0.717) is 11.3 Å². The van der Waals surface area contributed by atoms with E-state index in [1.807, 2.05) is 0 Å². The number of carbonyl (C=O) groups is 1. The van der Waals surface area contributed by atoms with Crippen LogP contribution in [0.3, 0.4) is 0 Å². The first kappa shape index (κ1) is 8.96. The van der Waals surface area contributed by atoms with E-state index in [2.05, 4.69) is 10.3 Å². The molecule has 1 aromatic rings. The second-order valence-corrected chi connectivity index (χ2v) is 3.44. The lowest BCUT2D eigenvalue weighted by Gasteiger charge is -2.05. The van der Waals surface area contributed by atoms with Crippen LogP contribution in [0, 0.1) is 0 Å². The smallest absolute Gasteiger partial charge is 0.255 e. The molecular weight excluding hydrogens is 180 g/mol. The average molecular weight is 192 g/mol. The molecule has 2 atom stereocenters. The number of aromatic nitrogens is 1. The van der Waals surface area contributed by atoms with E-state index in [1.165, 1.54) is 6.20 Å². The number of carbonyl (C=O) groups excluding carboxylic acids is 1. The van der Waals surface area contributed by atoms with Gasteiger partial charge < -0.3 is 16.8 Å². The van der Waals surface area contributed by atoms with Gasteiger partial charge in [-0.2, -0.15) is 0 Å². The number of nitrogen functional groups attached to an aromatic ring is 1. The standard InChI is InChI=1S/C9H12N4O/c10-6-1-2-12-4-5(6)9(14)13-8-3-7(8)11/h1-2,4,7-8H,3,11H2,(H2,10,12)(H,13,14). The highest BCUT2D eigenvalue weighted by Gasteiger charge is 2.35. The SMILES string of the molecule is Nc1ccncc1C(=O)NC1CC1N. The molecule has 74 valence electrons. The lowest BCUT2D eigenvalue weighted by molar-refractivity contribution is 0.0951. The van der Waals surface area contributed by atoms with E-state index in [1.54, 1.807) is 12.3 Å². The summed E-state index contributed by atoms with van der Waals surface area (Å²) >= 11 is 0. The highest BCUT2D eigenvalue weighted by molar-refractivity contribution is 5.99. The van der Waals surface area contributed by atoms with Crippen LogP contribution < -0.4 is 16.8 Å². The second-order valence-electron chi connectivity index (χ2n) is 3.44. The molecule has 2 rings (SSSR count). The summed E-state index contributed by atoms with van der Waals surface area (Å²) in [6, 6.07) is 1.79. The third-order valence-corrected chi connectivity index (χ3v) is 2.26. The van der Waals surface area contributed by atoms with Gasteiger partial charge in [-0.05, 0) is 12.5 Å². The van der Waals surface area contributed by atoms with Gasteiger partial charge in [0.25, 0.3) is 5.91 Å². The van der Waals surface area contributed by atoms with Crippen LogP contribution in [0.5, 0.6) is 0 Å². The Bertz CT molecular complexity index is 366. The molecule has 1 aliphatic rings. The molecule has 0 bridgehead atoms. The largest absolute Gasteiger partial charge is 0.398 e. The normalized spacial score (nSPS) is 24.4. The van der Waals surface area contributed by atoms with Crippen molar-refractivity contribution in [1.82, 2.24) is 10.3 Å². The van der Waals surface area contributed by atoms with Crippen LogP contribution in [0.4, 0.5) is 5.69 Å². The Kier molecular flexibility index (Phi) is 2.09. The van der Waals surface area contributed by atoms with Crippen LogP contribution in [0.25, 0.3) is 0 Å². The number of anilines is 1. The summed E-state index contributed by atoms with van der Waals surface area (Å²) < 4.78 is 0. The molecule has 5 nitrogen and oxygen atoms in total. The van der Waals surface area contributed by atoms with Gasteiger partial charge in [0.1, 0.15) is 0 Å². The zero-order valence-corrected chi connectivity index (χ0v) is 7.60. The molecule has 1 heterocycles. The fraction of sp³-hybridized carbons (Fsp3) is 0.333. The molecule has 1 fully saturated rings. The van der Waals surface area contributed by atoms with Gasteiger partial charge in [-0.3, -0.25) is 9.78 Å². The molecule has 0 aliphatic heterocycles. The quantitative estimate of drug-likeness (QED) is 0.588. The predicted octanol–water partition coefficient (Wildman–Crippen LogP) is -0.507. The van der Waals surface area contributed by atoms with E-state index in [9.17, 15) is 4.79 Å². The molecule has 1 aliphatic carbocycles. The fourth-order valence-electron chi connectivity index (χ4n) is 1.22. The topological polar surface area (TPSA) is 94.0 Å². The third kappa shape index (κ3) is 1.67. The Morgan fingerprint density at radius 1 is 1.64 bits per heavy atom. The first-order chi connectivity index (χ1) is 6.68. The van der Waals surface area contributed by atoms with E-state index >= 15 is 0 Å². The van der Waals surface area contributed by atoms with Gasteiger partial charge >= 0.3 is 0 Å². The van der Waals surface area contributed by atoms with Gasteiger partial charge in [-0.15, -0.1) is 0 Å². The monoisotopic (exact) mass is 192 g/mol. The van der Waals surface area contributed by atoms with Crippen molar-refractivity contribution in [2.75, 3.05) is 5.73 Å². The summed E-state index contributed by atoms with van der Waals surface area (Å²) in [5.74, 6) is -0.200. The van der Waals surface area contributed by atoms with Crippen molar-refractivity contribution in [2.24, 2.45) is 5.73 Å². The van der Waals surface area contributed by atoms with Crippen molar-refractivity contribution in [1.29, 1.82) is 0 Å². The van der Waals surface area contributed by atoms with Gasteiger partial charge in [-0.25, -0.2) is 0 Å². The van der Waals surface area contributed by atoms with Gasteiger partial charge in [0.15, 0.2) is 0 Å². The number of nitrogens with zero attached hydrogens (tertiary/aromatic N) is 1. The van der Waals surface area contributed by atoms with Crippen LogP contribution in [-0.2, 0) is 0 Å². The minimum absolute atomic E-state index is 0.0943. The lowest BCUT2D eigenvalue weighted by Crippen LogP contribution is -2.30. The first-order valence-corrected chi connectivity index (χ1v) is 4.44. The van der Waals surface area contributed by atoms with Gasteiger partial charge in [0, 0.05) is 30.2 Å². The Hall–Kier alpha value is -1.62. The van der Waals surface area contributed by atoms with Gasteiger partial charge in [0.2, 0.25) is 0 Å². The third-order valence-electron chi connectivity index (χ3n) is 2.26. The number of pyridine rings is 1. The van der Waals surface area contributed by atoms with Crippen molar-refractivity contribution in [3.63, 3.8) is 0 Å². The molecule has 1 saturated carbocycles. The lowest BCUT2D eigenvalue weighted by atomic mass is 10.2. The molecule has 2 unspecified atom stereocenters. The summed E-state index contributed by atoms with van der Waals surface area (Å²) in [5, 5.41) is 2.78. The van der Waals surface area contributed by atoms with E-state index in [-0.39, 0.29) is 18.0 Å². The Morgan fingerprint density at radius 3 is 2.93 bits per heavy atom. The second kappa shape index (κ2) is 3.26. The molecular formula is C9H12N4O. The number of amides is 1. The van der Waals surface area contributed by atoms with Crippen LogP contribution in [-0.4, -0.2) is 23.0 Å². The highest BCUT2D eigenvalue weighted by Crippen LogP contribution is 2.19.